The third-order valence-electron chi connectivity index (χ3n) is 3.12. The highest BCUT2D eigenvalue weighted by Crippen LogP contribution is 2.47. The zero-order valence-corrected chi connectivity index (χ0v) is 10.6. The lowest BCUT2D eigenvalue weighted by molar-refractivity contribution is -0.152. The molecule has 0 radical (unpaired) electrons. The topological polar surface area (TPSA) is 79.2 Å². The van der Waals surface area contributed by atoms with Crippen LogP contribution in [0.1, 0.15) is 25.3 Å². The van der Waals surface area contributed by atoms with Crippen LogP contribution in [-0.4, -0.2) is 18.5 Å². The number of nitrogens with zero attached hydrogens (tertiary/aromatic N) is 1. The molecule has 5 nitrogen and oxygen atoms in total. The van der Waals surface area contributed by atoms with Gasteiger partial charge in [-0.1, -0.05) is 0 Å². The number of carbonyl (C=O) groups is 2. The Bertz CT molecular complexity index is 539. The van der Waals surface area contributed by atoms with Crippen molar-refractivity contribution < 1.29 is 14.3 Å². The van der Waals surface area contributed by atoms with Crippen molar-refractivity contribution in [1.82, 2.24) is 0 Å². The predicted molar refractivity (Wildman–Crippen MR) is 68.1 cm³/mol. The van der Waals surface area contributed by atoms with E-state index < -0.39 is 11.4 Å². The molecule has 98 valence electrons. The van der Waals surface area contributed by atoms with E-state index in [0.29, 0.717) is 24.1 Å². The molecule has 0 unspecified atom stereocenters. The summed E-state index contributed by atoms with van der Waals surface area (Å²) in [5.74, 6) is -0.795. The number of nitrogens with one attached hydrogen (secondary N) is 1. The number of hydrogen-bond acceptors (Lipinski definition) is 4. The standard InChI is InChI=1S/C14H14N2O3/c1-2-19-13(18)14(7-8-14)12(17)16-11-5-3-10(9-15)4-6-11/h3-6H,2,7-8H2,1H3,(H,16,17). The summed E-state index contributed by atoms with van der Waals surface area (Å²) in [5.41, 5.74) is 0.0771. The van der Waals surface area contributed by atoms with Gasteiger partial charge in [-0.15, -0.1) is 0 Å². The number of esters is 1. The SMILES string of the molecule is CCOC(=O)C1(C(=O)Nc2ccc(C#N)cc2)CC1. The molecular formula is C14H14N2O3. The maximum atomic E-state index is 12.1. The van der Waals surface area contributed by atoms with E-state index in [0.717, 1.165) is 0 Å². The largest absolute Gasteiger partial charge is 0.465 e. The minimum absolute atomic E-state index is 0.269. The van der Waals surface area contributed by atoms with Crippen LogP contribution in [0.4, 0.5) is 5.69 Å². The molecule has 1 saturated carbocycles. The van der Waals surface area contributed by atoms with Crippen LogP contribution < -0.4 is 5.32 Å². The summed E-state index contributed by atoms with van der Waals surface area (Å²) in [7, 11) is 0. The number of carbonyl (C=O) groups excluding carboxylic acids is 2. The van der Waals surface area contributed by atoms with Gasteiger partial charge in [0.15, 0.2) is 0 Å². The first kappa shape index (κ1) is 13.1. The van der Waals surface area contributed by atoms with Crippen LogP contribution >= 0.6 is 0 Å². The first-order valence-corrected chi connectivity index (χ1v) is 6.11. The van der Waals surface area contributed by atoms with E-state index in [9.17, 15) is 9.59 Å². The van der Waals surface area contributed by atoms with Gasteiger partial charge in [-0.2, -0.15) is 5.26 Å². The van der Waals surface area contributed by atoms with E-state index in [2.05, 4.69) is 5.32 Å². The highest BCUT2D eigenvalue weighted by atomic mass is 16.5. The maximum Gasteiger partial charge on any atom is 0.321 e. The molecule has 1 fully saturated rings. The van der Waals surface area contributed by atoms with Gasteiger partial charge in [0.25, 0.3) is 0 Å². The molecule has 19 heavy (non-hydrogen) atoms. The molecule has 1 aliphatic rings. The fourth-order valence-corrected chi connectivity index (χ4v) is 1.80. The Morgan fingerprint density at radius 3 is 2.47 bits per heavy atom. The zero-order valence-electron chi connectivity index (χ0n) is 10.6. The molecule has 0 spiro atoms. The lowest BCUT2D eigenvalue weighted by Gasteiger charge is -2.13. The highest BCUT2D eigenvalue weighted by molar-refractivity contribution is 6.11. The summed E-state index contributed by atoms with van der Waals surface area (Å²) < 4.78 is 4.92. The molecule has 0 aliphatic heterocycles. The molecule has 1 aromatic rings. The Morgan fingerprint density at radius 1 is 1.37 bits per heavy atom. The van der Waals surface area contributed by atoms with E-state index >= 15 is 0 Å². The molecule has 0 saturated heterocycles. The van der Waals surface area contributed by atoms with Gasteiger partial charge in [-0.25, -0.2) is 0 Å². The first-order chi connectivity index (χ1) is 9.12. The summed E-state index contributed by atoms with van der Waals surface area (Å²) in [6, 6.07) is 8.49. The first-order valence-electron chi connectivity index (χ1n) is 6.11. The van der Waals surface area contributed by atoms with Gasteiger partial charge in [0.2, 0.25) is 5.91 Å². The number of hydrogen-bond donors (Lipinski definition) is 1. The van der Waals surface area contributed by atoms with Gasteiger partial charge in [0.05, 0.1) is 18.2 Å². The summed E-state index contributed by atoms with van der Waals surface area (Å²) in [4.78, 5) is 23.8. The van der Waals surface area contributed by atoms with Gasteiger partial charge < -0.3 is 10.1 Å². The van der Waals surface area contributed by atoms with Crippen LogP contribution in [0, 0.1) is 16.7 Å². The van der Waals surface area contributed by atoms with Crippen LogP contribution in [-0.2, 0) is 14.3 Å². The number of benzene rings is 1. The Kier molecular flexibility index (Phi) is 3.52. The lowest BCUT2D eigenvalue weighted by atomic mass is 10.1. The molecular weight excluding hydrogens is 244 g/mol. The molecule has 0 bridgehead atoms. The van der Waals surface area contributed by atoms with E-state index in [4.69, 9.17) is 10.00 Å². The molecule has 0 atom stereocenters. The van der Waals surface area contributed by atoms with Crippen LogP contribution in [0.3, 0.4) is 0 Å². The van der Waals surface area contributed by atoms with Crippen molar-refractivity contribution in [2.45, 2.75) is 19.8 Å². The molecule has 5 heteroatoms. The number of ether oxygens (including phenoxy) is 1. The number of nitriles is 1. The fraction of sp³-hybridized carbons (Fsp3) is 0.357. The van der Waals surface area contributed by atoms with Gasteiger partial charge >= 0.3 is 5.97 Å². The predicted octanol–water partition coefficient (Wildman–Crippen LogP) is 1.84. The zero-order chi connectivity index (χ0) is 13.9. The number of rotatable bonds is 4. The van der Waals surface area contributed by atoms with E-state index in [-0.39, 0.29) is 12.5 Å². The second kappa shape index (κ2) is 5.11. The Labute approximate surface area is 111 Å². The molecule has 0 aromatic heterocycles. The fourth-order valence-electron chi connectivity index (χ4n) is 1.80. The minimum atomic E-state index is -1.01. The quantitative estimate of drug-likeness (QED) is 0.660. The minimum Gasteiger partial charge on any atom is -0.465 e. The van der Waals surface area contributed by atoms with Crippen LogP contribution in [0.2, 0.25) is 0 Å². The van der Waals surface area contributed by atoms with Gasteiger partial charge in [0, 0.05) is 5.69 Å². The highest BCUT2D eigenvalue weighted by Gasteiger charge is 2.58. The van der Waals surface area contributed by atoms with Crippen molar-refractivity contribution in [3.8, 4) is 6.07 Å². The summed E-state index contributed by atoms with van der Waals surface area (Å²) in [5, 5.41) is 11.4. The maximum absolute atomic E-state index is 12.1. The summed E-state index contributed by atoms with van der Waals surface area (Å²) in [6.07, 6.45) is 1.04. The van der Waals surface area contributed by atoms with Crippen molar-refractivity contribution >= 4 is 17.6 Å². The Hall–Kier alpha value is -2.35. The van der Waals surface area contributed by atoms with E-state index in [1.807, 2.05) is 6.07 Å². The molecule has 1 amide bonds. The van der Waals surface area contributed by atoms with Gasteiger partial charge in [-0.05, 0) is 44.0 Å². The van der Waals surface area contributed by atoms with Crippen LogP contribution in [0.25, 0.3) is 0 Å². The average molecular weight is 258 g/mol. The lowest BCUT2D eigenvalue weighted by Crippen LogP contribution is -2.33. The molecule has 0 heterocycles. The van der Waals surface area contributed by atoms with Crippen molar-refractivity contribution in [2.75, 3.05) is 11.9 Å². The van der Waals surface area contributed by atoms with Crippen LogP contribution in [0.5, 0.6) is 0 Å². The molecule has 1 aromatic carbocycles. The Balaban J connectivity index is 2.05. The summed E-state index contributed by atoms with van der Waals surface area (Å²) in [6.45, 7) is 1.98. The van der Waals surface area contributed by atoms with Crippen LogP contribution in [0.15, 0.2) is 24.3 Å². The van der Waals surface area contributed by atoms with E-state index in [1.54, 1.807) is 31.2 Å². The number of anilines is 1. The van der Waals surface area contributed by atoms with Gasteiger partial charge in [0.1, 0.15) is 5.41 Å². The third-order valence-corrected chi connectivity index (χ3v) is 3.12. The second-order valence-corrected chi connectivity index (χ2v) is 4.45. The monoisotopic (exact) mass is 258 g/mol. The Morgan fingerprint density at radius 2 is 2.00 bits per heavy atom. The van der Waals surface area contributed by atoms with E-state index in [1.165, 1.54) is 0 Å². The second-order valence-electron chi connectivity index (χ2n) is 4.45. The average Bonchev–Trinajstić information content (AvgIpc) is 3.21. The van der Waals surface area contributed by atoms with Crippen molar-refractivity contribution in [3.05, 3.63) is 29.8 Å². The molecule has 1 N–H and O–H groups in total. The number of amides is 1. The van der Waals surface area contributed by atoms with Crippen molar-refractivity contribution in [3.63, 3.8) is 0 Å². The molecule has 2 rings (SSSR count). The van der Waals surface area contributed by atoms with Gasteiger partial charge in [-0.3, -0.25) is 9.59 Å². The third kappa shape index (κ3) is 2.58. The summed E-state index contributed by atoms with van der Waals surface area (Å²) >= 11 is 0. The smallest absolute Gasteiger partial charge is 0.321 e. The van der Waals surface area contributed by atoms with Crippen molar-refractivity contribution in [2.24, 2.45) is 5.41 Å². The normalized spacial score (nSPS) is 15.2. The molecule has 1 aliphatic carbocycles. The van der Waals surface area contributed by atoms with Crippen molar-refractivity contribution in [1.29, 1.82) is 5.26 Å².